The first-order valence-corrected chi connectivity index (χ1v) is 5.64. The van der Waals surface area contributed by atoms with Gasteiger partial charge >= 0.3 is 0 Å². The minimum atomic E-state index is 0.687. The van der Waals surface area contributed by atoms with Crippen LogP contribution in [0.4, 0.5) is 17.3 Å². The number of hydrogen-bond acceptors (Lipinski definition) is 4. The Balaban J connectivity index is 1.97. The lowest BCUT2D eigenvalue weighted by Crippen LogP contribution is -1.92. The molecule has 0 atom stereocenters. The van der Waals surface area contributed by atoms with Crippen LogP contribution in [0.2, 0.25) is 0 Å². The summed E-state index contributed by atoms with van der Waals surface area (Å²) in [6.07, 6.45) is 1.91. The van der Waals surface area contributed by atoms with Gasteiger partial charge in [-0.3, -0.25) is 4.68 Å². The highest BCUT2D eigenvalue weighted by Crippen LogP contribution is 2.21. The number of hydrogen-bond donors (Lipinski definition) is 3. The number of nitrogens with zero attached hydrogens (tertiary/aromatic N) is 3. The van der Waals surface area contributed by atoms with E-state index in [-0.39, 0.29) is 0 Å². The molecule has 1 aromatic carbocycles. The molecule has 3 rings (SSSR count). The topological polar surface area (TPSA) is 84.6 Å². The minimum absolute atomic E-state index is 0.687. The molecule has 0 saturated carbocycles. The van der Waals surface area contributed by atoms with Gasteiger partial charge in [0.05, 0.1) is 22.4 Å². The summed E-state index contributed by atoms with van der Waals surface area (Å²) in [5.74, 6) is 0.687. The number of nitrogen functional groups attached to an aromatic ring is 1. The van der Waals surface area contributed by atoms with Gasteiger partial charge in [-0.15, -0.1) is 0 Å². The molecule has 18 heavy (non-hydrogen) atoms. The second-order valence-electron chi connectivity index (χ2n) is 4.29. The lowest BCUT2D eigenvalue weighted by atomic mass is 10.3. The fourth-order valence-electron chi connectivity index (χ4n) is 1.94. The number of nitrogens with one attached hydrogen (secondary N) is 2. The number of anilines is 3. The molecule has 6 nitrogen and oxygen atoms in total. The van der Waals surface area contributed by atoms with Crippen molar-refractivity contribution in [1.82, 2.24) is 19.7 Å². The standard InChI is InChI=1S/C12H14N6/c1-7-11(6-18(2)17-7)16-12-14-9-4-3-8(13)5-10(9)15-12/h3-6H,13H2,1-2H3,(H2,14,15,16). The summed E-state index contributed by atoms with van der Waals surface area (Å²) in [5.41, 5.74) is 10.1. The van der Waals surface area contributed by atoms with Crippen molar-refractivity contribution in [2.45, 2.75) is 6.92 Å². The molecule has 0 spiro atoms. The lowest BCUT2D eigenvalue weighted by Gasteiger charge is -1.98. The van der Waals surface area contributed by atoms with Crippen LogP contribution in [-0.4, -0.2) is 19.7 Å². The zero-order valence-electron chi connectivity index (χ0n) is 10.2. The van der Waals surface area contributed by atoms with E-state index in [1.54, 1.807) is 4.68 Å². The van der Waals surface area contributed by atoms with Gasteiger partial charge in [-0.25, -0.2) is 4.98 Å². The van der Waals surface area contributed by atoms with E-state index in [4.69, 9.17) is 5.73 Å². The molecule has 0 radical (unpaired) electrons. The highest BCUT2D eigenvalue weighted by molar-refractivity contribution is 5.81. The lowest BCUT2D eigenvalue weighted by molar-refractivity contribution is 0.756. The Morgan fingerprint density at radius 3 is 2.94 bits per heavy atom. The molecule has 6 heteroatoms. The third kappa shape index (κ3) is 1.77. The monoisotopic (exact) mass is 242 g/mol. The smallest absolute Gasteiger partial charge is 0.205 e. The molecule has 0 bridgehead atoms. The molecular weight excluding hydrogens is 228 g/mol. The van der Waals surface area contributed by atoms with Gasteiger partial charge in [0.2, 0.25) is 5.95 Å². The van der Waals surface area contributed by atoms with E-state index in [0.717, 1.165) is 28.1 Å². The van der Waals surface area contributed by atoms with E-state index in [9.17, 15) is 0 Å². The highest BCUT2D eigenvalue weighted by Gasteiger charge is 2.07. The van der Waals surface area contributed by atoms with Crippen molar-refractivity contribution < 1.29 is 0 Å². The molecule has 0 amide bonds. The summed E-state index contributed by atoms with van der Waals surface area (Å²) >= 11 is 0. The molecule has 0 aliphatic carbocycles. The molecule has 92 valence electrons. The van der Waals surface area contributed by atoms with E-state index in [1.807, 2.05) is 38.4 Å². The average molecular weight is 242 g/mol. The van der Waals surface area contributed by atoms with Gasteiger partial charge in [0.1, 0.15) is 0 Å². The predicted octanol–water partition coefficient (Wildman–Crippen LogP) is 1.93. The molecular formula is C12H14N6. The Kier molecular flexibility index (Phi) is 2.22. The highest BCUT2D eigenvalue weighted by atomic mass is 15.3. The Bertz CT molecular complexity index is 709. The van der Waals surface area contributed by atoms with Gasteiger partial charge < -0.3 is 16.0 Å². The Morgan fingerprint density at radius 2 is 2.22 bits per heavy atom. The van der Waals surface area contributed by atoms with Crippen molar-refractivity contribution in [3.05, 3.63) is 30.1 Å². The van der Waals surface area contributed by atoms with E-state index < -0.39 is 0 Å². The first kappa shape index (κ1) is 10.6. The number of benzene rings is 1. The van der Waals surface area contributed by atoms with Crippen LogP contribution in [0.25, 0.3) is 11.0 Å². The van der Waals surface area contributed by atoms with Gasteiger partial charge in [0.25, 0.3) is 0 Å². The van der Waals surface area contributed by atoms with Crippen LogP contribution < -0.4 is 11.1 Å². The largest absolute Gasteiger partial charge is 0.399 e. The third-order valence-electron chi connectivity index (χ3n) is 2.77. The minimum Gasteiger partial charge on any atom is -0.399 e. The van der Waals surface area contributed by atoms with Crippen molar-refractivity contribution in [1.29, 1.82) is 0 Å². The molecule has 0 aliphatic heterocycles. The summed E-state index contributed by atoms with van der Waals surface area (Å²) in [6, 6.07) is 5.59. The van der Waals surface area contributed by atoms with Gasteiger partial charge in [0, 0.05) is 18.9 Å². The van der Waals surface area contributed by atoms with Gasteiger partial charge in [-0.05, 0) is 25.1 Å². The molecule has 2 aromatic heterocycles. The van der Waals surface area contributed by atoms with Crippen LogP contribution in [-0.2, 0) is 7.05 Å². The number of H-pyrrole nitrogens is 1. The van der Waals surface area contributed by atoms with Crippen LogP contribution in [0, 0.1) is 6.92 Å². The first-order valence-electron chi connectivity index (χ1n) is 5.64. The fourth-order valence-corrected chi connectivity index (χ4v) is 1.94. The molecule has 0 aliphatic rings. The number of nitrogens with two attached hydrogens (primary N) is 1. The molecule has 2 heterocycles. The number of rotatable bonds is 2. The molecule has 3 aromatic rings. The van der Waals surface area contributed by atoms with Crippen molar-refractivity contribution in [2.75, 3.05) is 11.1 Å². The molecule has 0 fully saturated rings. The maximum atomic E-state index is 5.73. The van der Waals surface area contributed by atoms with Crippen LogP contribution in [0.5, 0.6) is 0 Å². The Morgan fingerprint density at radius 1 is 1.39 bits per heavy atom. The van der Waals surface area contributed by atoms with Gasteiger partial charge in [-0.2, -0.15) is 5.10 Å². The summed E-state index contributed by atoms with van der Waals surface area (Å²) in [4.78, 5) is 7.62. The van der Waals surface area contributed by atoms with E-state index in [0.29, 0.717) is 5.95 Å². The normalized spacial score (nSPS) is 11.0. The SMILES string of the molecule is Cc1nn(C)cc1Nc1nc2ccc(N)cc2[nH]1. The first-order chi connectivity index (χ1) is 8.61. The van der Waals surface area contributed by atoms with Crippen molar-refractivity contribution in [2.24, 2.45) is 7.05 Å². The summed E-state index contributed by atoms with van der Waals surface area (Å²) in [7, 11) is 1.89. The van der Waals surface area contributed by atoms with E-state index >= 15 is 0 Å². The second-order valence-corrected chi connectivity index (χ2v) is 4.29. The number of aromatic nitrogens is 4. The molecule has 0 unspecified atom stereocenters. The van der Waals surface area contributed by atoms with Crippen LogP contribution >= 0.6 is 0 Å². The van der Waals surface area contributed by atoms with Crippen LogP contribution in [0.15, 0.2) is 24.4 Å². The Labute approximate surface area is 104 Å². The van der Waals surface area contributed by atoms with Crippen molar-refractivity contribution >= 4 is 28.4 Å². The van der Waals surface area contributed by atoms with Crippen molar-refractivity contribution in [3.63, 3.8) is 0 Å². The van der Waals surface area contributed by atoms with Gasteiger partial charge in [-0.1, -0.05) is 0 Å². The quantitative estimate of drug-likeness (QED) is 0.599. The summed E-state index contributed by atoms with van der Waals surface area (Å²) in [5, 5.41) is 7.48. The summed E-state index contributed by atoms with van der Waals surface area (Å²) < 4.78 is 1.76. The Hall–Kier alpha value is -2.50. The zero-order chi connectivity index (χ0) is 12.7. The van der Waals surface area contributed by atoms with Crippen LogP contribution in [0.1, 0.15) is 5.69 Å². The third-order valence-corrected chi connectivity index (χ3v) is 2.77. The van der Waals surface area contributed by atoms with Crippen LogP contribution in [0.3, 0.4) is 0 Å². The maximum absolute atomic E-state index is 5.73. The fraction of sp³-hybridized carbons (Fsp3) is 0.167. The van der Waals surface area contributed by atoms with Gasteiger partial charge in [0.15, 0.2) is 0 Å². The maximum Gasteiger partial charge on any atom is 0.205 e. The second kappa shape index (κ2) is 3.76. The number of imidazole rings is 1. The van der Waals surface area contributed by atoms with E-state index in [2.05, 4.69) is 20.4 Å². The predicted molar refractivity (Wildman–Crippen MR) is 71.7 cm³/mol. The molecule has 4 N–H and O–H groups in total. The zero-order valence-corrected chi connectivity index (χ0v) is 10.2. The average Bonchev–Trinajstić information content (AvgIpc) is 2.82. The van der Waals surface area contributed by atoms with E-state index in [1.165, 1.54) is 0 Å². The number of fused-ring (bicyclic) bond motifs is 1. The number of aromatic amines is 1. The summed E-state index contributed by atoms with van der Waals surface area (Å²) in [6.45, 7) is 1.95. The van der Waals surface area contributed by atoms with Crippen molar-refractivity contribution in [3.8, 4) is 0 Å². The number of aryl methyl sites for hydroxylation is 2. The molecule has 0 saturated heterocycles.